The van der Waals surface area contributed by atoms with Crippen molar-refractivity contribution < 1.29 is 23.9 Å². The van der Waals surface area contributed by atoms with E-state index in [4.69, 9.17) is 14.2 Å². The van der Waals surface area contributed by atoms with Crippen LogP contribution in [0.4, 0.5) is 5.69 Å². The molecule has 0 amide bonds. The first-order chi connectivity index (χ1) is 8.10. The van der Waals surface area contributed by atoms with Crippen molar-refractivity contribution in [3.05, 3.63) is 21.7 Å². The molecule has 1 rings (SSSR count). The topological polar surface area (TPSA) is 87.9 Å². The molecule has 0 spiro atoms. The molecule has 0 saturated heterocycles. The van der Waals surface area contributed by atoms with Crippen LogP contribution in [0, 0.1) is 10.1 Å². The van der Waals surface area contributed by atoms with Gasteiger partial charge in [0.1, 0.15) is 11.3 Å². The van der Waals surface area contributed by atoms with Crippen LogP contribution in [-0.4, -0.2) is 32.5 Å². The molecule has 0 aliphatic heterocycles. The number of carbonyl (C=O) groups is 1. The summed E-state index contributed by atoms with van der Waals surface area (Å²) in [4.78, 5) is 21.1. The van der Waals surface area contributed by atoms with Gasteiger partial charge in [-0.1, -0.05) is 0 Å². The standard InChI is InChI=1S/C10H11NO6/c1-15-7-4-8(16-2)10(17-3)9(11(13)14)6(7)5-12/h4-5H,1-3H3. The summed E-state index contributed by atoms with van der Waals surface area (Å²) in [5.41, 5.74) is -0.658. The number of ether oxygens (including phenoxy) is 3. The molecule has 0 bridgehead atoms. The van der Waals surface area contributed by atoms with E-state index < -0.39 is 10.6 Å². The summed E-state index contributed by atoms with van der Waals surface area (Å²) in [6.07, 6.45) is 0.346. The minimum absolute atomic E-state index is 0.0596. The molecule has 92 valence electrons. The number of rotatable bonds is 5. The second kappa shape index (κ2) is 5.15. The molecule has 0 atom stereocenters. The third-order valence-corrected chi connectivity index (χ3v) is 2.17. The molecule has 0 aromatic heterocycles. The number of nitro benzene ring substituents is 1. The Balaban J connectivity index is 3.69. The third-order valence-electron chi connectivity index (χ3n) is 2.17. The maximum absolute atomic E-state index is 11.0. The highest BCUT2D eigenvalue weighted by atomic mass is 16.6. The van der Waals surface area contributed by atoms with Crippen LogP contribution >= 0.6 is 0 Å². The van der Waals surface area contributed by atoms with Crippen molar-refractivity contribution in [1.82, 2.24) is 0 Å². The predicted octanol–water partition coefficient (Wildman–Crippen LogP) is 1.43. The third kappa shape index (κ3) is 2.12. The average Bonchev–Trinajstić information content (AvgIpc) is 2.35. The Hall–Kier alpha value is -2.31. The number of hydrogen-bond donors (Lipinski definition) is 0. The zero-order valence-corrected chi connectivity index (χ0v) is 9.55. The van der Waals surface area contributed by atoms with Gasteiger partial charge in [0, 0.05) is 6.07 Å². The molecule has 0 fully saturated rings. The first-order valence-corrected chi connectivity index (χ1v) is 4.53. The monoisotopic (exact) mass is 241 g/mol. The fourth-order valence-electron chi connectivity index (χ4n) is 1.43. The summed E-state index contributed by atoms with van der Waals surface area (Å²) in [6, 6.07) is 1.36. The van der Waals surface area contributed by atoms with Crippen molar-refractivity contribution in [2.75, 3.05) is 21.3 Å². The molecule has 0 N–H and O–H groups in total. The number of hydrogen-bond acceptors (Lipinski definition) is 6. The molecule has 0 saturated carbocycles. The zero-order valence-electron chi connectivity index (χ0n) is 9.55. The average molecular weight is 241 g/mol. The minimum atomic E-state index is -0.715. The molecule has 0 aliphatic rings. The Labute approximate surface area is 97.0 Å². The lowest BCUT2D eigenvalue weighted by molar-refractivity contribution is -0.386. The van der Waals surface area contributed by atoms with Gasteiger partial charge in [-0.3, -0.25) is 14.9 Å². The number of benzene rings is 1. The van der Waals surface area contributed by atoms with E-state index in [1.807, 2.05) is 0 Å². The summed E-state index contributed by atoms with van der Waals surface area (Å²) in [6.45, 7) is 0. The van der Waals surface area contributed by atoms with E-state index >= 15 is 0 Å². The highest BCUT2D eigenvalue weighted by molar-refractivity contribution is 5.89. The van der Waals surface area contributed by atoms with E-state index in [1.54, 1.807) is 0 Å². The number of aldehydes is 1. The van der Waals surface area contributed by atoms with Crippen molar-refractivity contribution >= 4 is 12.0 Å². The van der Waals surface area contributed by atoms with Crippen LogP contribution in [0.2, 0.25) is 0 Å². The van der Waals surface area contributed by atoms with Crippen molar-refractivity contribution in [3.8, 4) is 17.2 Å². The van der Waals surface area contributed by atoms with Gasteiger partial charge in [-0.05, 0) is 0 Å². The Morgan fingerprint density at radius 1 is 1.18 bits per heavy atom. The summed E-state index contributed by atoms with van der Waals surface area (Å²) < 4.78 is 14.7. The maximum atomic E-state index is 11.0. The second-order valence-electron chi connectivity index (χ2n) is 2.95. The number of nitrogens with zero attached hydrogens (tertiary/aromatic N) is 1. The summed E-state index contributed by atoms with van der Waals surface area (Å²) in [5, 5.41) is 11.0. The molecule has 1 aromatic carbocycles. The van der Waals surface area contributed by atoms with Gasteiger partial charge in [0.25, 0.3) is 0 Å². The Morgan fingerprint density at radius 3 is 2.12 bits per heavy atom. The molecular weight excluding hydrogens is 230 g/mol. The molecule has 0 heterocycles. The van der Waals surface area contributed by atoms with Crippen molar-refractivity contribution in [2.45, 2.75) is 0 Å². The molecule has 0 radical (unpaired) electrons. The number of carbonyl (C=O) groups excluding carboxylic acids is 1. The SMILES string of the molecule is COc1cc(OC)c(OC)c([N+](=O)[O-])c1C=O. The van der Waals surface area contributed by atoms with Gasteiger partial charge in [-0.15, -0.1) is 0 Å². The molecule has 17 heavy (non-hydrogen) atoms. The van der Waals surface area contributed by atoms with Gasteiger partial charge in [-0.25, -0.2) is 0 Å². The van der Waals surface area contributed by atoms with Gasteiger partial charge < -0.3 is 14.2 Å². The van der Waals surface area contributed by atoms with Crippen LogP contribution in [0.5, 0.6) is 17.2 Å². The first-order valence-electron chi connectivity index (χ1n) is 4.53. The van der Waals surface area contributed by atoms with E-state index in [-0.39, 0.29) is 22.8 Å². The van der Waals surface area contributed by atoms with Gasteiger partial charge in [0.15, 0.2) is 12.0 Å². The molecule has 1 aromatic rings. The van der Waals surface area contributed by atoms with E-state index in [9.17, 15) is 14.9 Å². The molecule has 0 aliphatic carbocycles. The lowest BCUT2D eigenvalue weighted by Crippen LogP contribution is -2.03. The normalized spacial score (nSPS) is 9.59. The molecule has 7 nitrogen and oxygen atoms in total. The van der Waals surface area contributed by atoms with Crippen molar-refractivity contribution in [3.63, 3.8) is 0 Å². The maximum Gasteiger partial charge on any atom is 0.329 e. The van der Waals surface area contributed by atoms with Crippen LogP contribution < -0.4 is 14.2 Å². The highest BCUT2D eigenvalue weighted by Crippen LogP contribution is 2.43. The summed E-state index contributed by atoms with van der Waals surface area (Å²) in [5.74, 6) is 0.0754. The van der Waals surface area contributed by atoms with Crippen LogP contribution in [0.15, 0.2) is 6.07 Å². The van der Waals surface area contributed by atoms with Gasteiger partial charge in [-0.2, -0.15) is 0 Å². The first kappa shape index (κ1) is 12.8. The van der Waals surface area contributed by atoms with E-state index in [2.05, 4.69) is 0 Å². The fraction of sp³-hybridized carbons (Fsp3) is 0.300. The fourth-order valence-corrected chi connectivity index (χ4v) is 1.43. The Morgan fingerprint density at radius 2 is 1.76 bits per heavy atom. The second-order valence-corrected chi connectivity index (χ2v) is 2.95. The van der Waals surface area contributed by atoms with Crippen molar-refractivity contribution in [1.29, 1.82) is 0 Å². The smallest absolute Gasteiger partial charge is 0.329 e. The molecule has 0 unspecified atom stereocenters. The van der Waals surface area contributed by atoms with Crippen molar-refractivity contribution in [2.24, 2.45) is 0 Å². The summed E-state index contributed by atoms with van der Waals surface area (Å²) >= 11 is 0. The quantitative estimate of drug-likeness (QED) is 0.440. The van der Waals surface area contributed by atoms with E-state index in [0.717, 1.165) is 0 Å². The van der Waals surface area contributed by atoms with Gasteiger partial charge >= 0.3 is 5.69 Å². The van der Waals surface area contributed by atoms with Gasteiger partial charge in [0.05, 0.1) is 26.3 Å². The minimum Gasteiger partial charge on any atom is -0.496 e. The highest BCUT2D eigenvalue weighted by Gasteiger charge is 2.29. The number of nitro groups is 1. The van der Waals surface area contributed by atoms with Crippen LogP contribution in [-0.2, 0) is 0 Å². The van der Waals surface area contributed by atoms with Crippen LogP contribution in [0.25, 0.3) is 0 Å². The zero-order chi connectivity index (χ0) is 13.0. The van der Waals surface area contributed by atoms with E-state index in [0.29, 0.717) is 6.29 Å². The van der Waals surface area contributed by atoms with Crippen LogP contribution in [0.1, 0.15) is 10.4 Å². The summed E-state index contributed by atoms with van der Waals surface area (Å²) in [7, 11) is 3.89. The Kier molecular flexibility index (Phi) is 3.86. The lowest BCUT2D eigenvalue weighted by Gasteiger charge is -2.11. The Bertz CT molecular complexity index is 457. The predicted molar refractivity (Wildman–Crippen MR) is 58.1 cm³/mol. The largest absolute Gasteiger partial charge is 0.496 e. The van der Waals surface area contributed by atoms with Gasteiger partial charge in [0.2, 0.25) is 5.75 Å². The molecule has 7 heteroatoms. The van der Waals surface area contributed by atoms with E-state index in [1.165, 1.54) is 27.4 Å². The number of methoxy groups -OCH3 is 3. The van der Waals surface area contributed by atoms with Crippen LogP contribution in [0.3, 0.4) is 0 Å². The lowest BCUT2D eigenvalue weighted by atomic mass is 10.1. The molecular formula is C10H11NO6.